The summed E-state index contributed by atoms with van der Waals surface area (Å²) in [6.45, 7) is 0. The van der Waals surface area contributed by atoms with E-state index < -0.39 is 0 Å². The predicted octanol–water partition coefficient (Wildman–Crippen LogP) is -0.393. The van der Waals surface area contributed by atoms with Crippen molar-refractivity contribution in [3.63, 3.8) is 0 Å². The molecule has 7 heteroatoms. The number of hydrogen-bond acceptors (Lipinski definition) is 0. The quantitative estimate of drug-likeness (QED) is 0.296. The fourth-order valence-electron chi connectivity index (χ4n) is 0. The number of hydrogen-bond donors (Lipinski definition) is 0. The number of rotatable bonds is 0. The minimum atomic E-state index is 0. The monoisotopic (exact) mass is 752 g/mol. The fraction of sp³-hybridized carbons (Fsp3) is 0. The smallest absolute Gasteiger partial charge is 0 e. The molecule has 0 spiro atoms. The van der Waals surface area contributed by atoms with Gasteiger partial charge in [0.15, 0.2) is 0 Å². The third-order valence-corrected chi connectivity index (χ3v) is 0. The Kier molecular flexibility index (Phi) is 423. The van der Waals surface area contributed by atoms with Crippen LogP contribution in [-0.4, -0.2) is 8.41 Å². The van der Waals surface area contributed by atoms with Crippen LogP contribution in [0.2, 0.25) is 0 Å². The molecular formula is BCoCrNdPdPtRe. The largest absolute Gasteiger partial charge is 0 e. The van der Waals surface area contributed by atoms with Crippen molar-refractivity contribution in [1.82, 2.24) is 0 Å². The molecule has 0 aromatic rings. The van der Waals surface area contributed by atoms with E-state index in [4.69, 9.17) is 0 Å². The Bertz CT molecular complexity index is 19.7. The molecule has 0 fully saturated rings. The molecule has 0 nitrogen and oxygen atoms in total. The van der Waals surface area contributed by atoms with Crippen LogP contribution in [0.4, 0.5) is 0 Å². The molecule has 0 bridgehead atoms. The summed E-state index contributed by atoms with van der Waals surface area (Å²) in [5.41, 5.74) is 0. The van der Waals surface area contributed by atoms with Gasteiger partial charge in [-0.3, -0.25) is 0 Å². The van der Waals surface area contributed by atoms with E-state index in [1.54, 1.807) is 0 Å². The molecule has 7 heavy (non-hydrogen) atoms. The third kappa shape index (κ3) is 37.6. The average molecular weight is 754 g/mol. The van der Waals surface area contributed by atoms with Gasteiger partial charge in [-0.25, -0.2) is 0 Å². The summed E-state index contributed by atoms with van der Waals surface area (Å²) in [6.07, 6.45) is 0. The maximum Gasteiger partial charge on any atom is 0 e. The minimum absolute atomic E-state index is 0. The van der Waals surface area contributed by atoms with E-state index in [-0.39, 0.29) is 145 Å². The summed E-state index contributed by atoms with van der Waals surface area (Å²) in [7, 11) is 0. The first kappa shape index (κ1) is 63.0. The van der Waals surface area contributed by atoms with Crippen LogP contribution < -0.4 is 0 Å². The summed E-state index contributed by atoms with van der Waals surface area (Å²) in [6, 6.07) is 0. The van der Waals surface area contributed by atoms with E-state index in [9.17, 15) is 0 Å². The maximum atomic E-state index is 0. The van der Waals surface area contributed by atoms with E-state index in [0.29, 0.717) is 0 Å². The van der Waals surface area contributed by atoms with Crippen molar-refractivity contribution in [2.75, 3.05) is 0 Å². The topological polar surface area (TPSA) is 0 Å². The molecule has 0 aliphatic heterocycles. The summed E-state index contributed by atoms with van der Waals surface area (Å²) in [5.74, 6) is 0. The molecule has 0 aromatic heterocycles. The Balaban J connectivity index is 0. The van der Waals surface area contributed by atoms with Crippen LogP contribution in [0.5, 0.6) is 0 Å². The predicted molar refractivity (Wildman–Crippen MR) is 5.75 cm³/mol. The van der Waals surface area contributed by atoms with Crippen molar-refractivity contribution in [3.8, 4) is 0 Å². The minimum Gasteiger partial charge on any atom is 0 e. The van der Waals surface area contributed by atoms with Gasteiger partial charge in [-0.15, -0.1) is 0 Å². The van der Waals surface area contributed by atoms with E-state index in [0.717, 1.165) is 0 Å². The molecule has 0 atom stereocenters. The first-order valence-corrected chi connectivity index (χ1v) is 0. The first-order valence-electron chi connectivity index (χ1n) is 0. The summed E-state index contributed by atoms with van der Waals surface area (Å²) >= 11 is 0. The van der Waals surface area contributed by atoms with Gasteiger partial charge in [-0.2, -0.15) is 0 Å². The molecule has 0 saturated carbocycles. The molecule has 0 aliphatic rings. The van der Waals surface area contributed by atoms with Crippen molar-refractivity contribution in [2.24, 2.45) is 0 Å². The zero-order valence-electron chi connectivity index (χ0n) is 2.83. The Morgan fingerprint density at radius 1 is 1.00 bits per heavy atom. The van der Waals surface area contributed by atoms with Gasteiger partial charge >= 0.3 is 0 Å². The second kappa shape index (κ2) is 47.0. The molecule has 5 radical (unpaired) electrons. The third-order valence-electron chi connectivity index (χ3n) is 0. The molecule has 0 rings (SSSR count). The van der Waals surface area contributed by atoms with Crippen molar-refractivity contribution in [3.05, 3.63) is 0 Å². The Hall–Kier alpha value is 4.47. The molecule has 0 aromatic carbocycles. The molecule has 0 aliphatic carbocycles. The molecule has 0 heterocycles. The Morgan fingerprint density at radius 2 is 1.00 bits per heavy atom. The summed E-state index contributed by atoms with van der Waals surface area (Å²) in [4.78, 5) is 0. The normalized spacial score (nSPS) is 0. The van der Waals surface area contributed by atoms with Crippen LogP contribution in [0.15, 0.2) is 0 Å². The Morgan fingerprint density at radius 3 is 1.00 bits per heavy atom. The van der Waals surface area contributed by atoms with Crippen molar-refractivity contribution in [2.45, 2.75) is 0 Å². The van der Waals surface area contributed by atoms with E-state index in [1.807, 2.05) is 0 Å². The van der Waals surface area contributed by atoms with Crippen molar-refractivity contribution >= 4 is 8.41 Å². The van der Waals surface area contributed by atoms with Gasteiger partial charge in [0.2, 0.25) is 0 Å². The molecule has 0 amide bonds. The van der Waals surface area contributed by atoms with Crippen LogP contribution in [0.3, 0.4) is 0 Å². The zero-order valence-corrected chi connectivity index (χ0v) is 14.9. The van der Waals surface area contributed by atoms with E-state index in [1.165, 1.54) is 0 Å². The fourth-order valence-corrected chi connectivity index (χ4v) is 0. The molecule has 0 saturated heterocycles. The molecule has 0 N–H and O–H groups in total. The molecular weight excluding hydrogens is 754 g/mol. The summed E-state index contributed by atoms with van der Waals surface area (Å²) < 4.78 is 0. The van der Waals surface area contributed by atoms with Crippen LogP contribution in [0, 0.1) is 40.8 Å². The van der Waals surface area contributed by atoms with Gasteiger partial charge in [0.05, 0.1) is 0 Å². The van der Waals surface area contributed by atoms with Gasteiger partial charge in [-0.1, -0.05) is 0 Å². The standard InChI is InChI=1S/B.Co.Cr.Nd.Pd.Pt.Re. The van der Waals surface area contributed by atoms with Gasteiger partial charge in [0, 0.05) is 145 Å². The van der Waals surface area contributed by atoms with Gasteiger partial charge < -0.3 is 0 Å². The van der Waals surface area contributed by atoms with Gasteiger partial charge in [0.25, 0.3) is 0 Å². The van der Waals surface area contributed by atoms with Gasteiger partial charge in [-0.05, 0) is 0 Å². The van der Waals surface area contributed by atoms with Gasteiger partial charge in [0.1, 0.15) is 0 Å². The average Bonchev–Trinajstić information content (AvgIpc) is 0. The van der Waals surface area contributed by atoms with Crippen LogP contribution in [0.1, 0.15) is 0 Å². The summed E-state index contributed by atoms with van der Waals surface area (Å²) in [5, 5.41) is 0. The first-order chi connectivity index (χ1) is 0. The Labute approximate surface area is 142 Å². The SMILES string of the molecule is [B].[Co].[Cr].[Nd].[Pd].[Pt].[Re]. The molecule has 49 valence electrons. The second-order valence-electron chi connectivity index (χ2n) is 0. The van der Waals surface area contributed by atoms with E-state index >= 15 is 0 Å². The van der Waals surface area contributed by atoms with Crippen LogP contribution >= 0.6 is 0 Å². The van der Waals surface area contributed by atoms with Crippen LogP contribution in [0.25, 0.3) is 0 Å². The maximum absolute atomic E-state index is 0. The zero-order chi connectivity index (χ0) is 0. The van der Waals surface area contributed by atoms with Crippen molar-refractivity contribution < 1.29 is 137 Å². The van der Waals surface area contributed by atoms with E-state index in [2.05, 4.69) is 0 Å². The van der Waals surface area contributed by atoms with Crippen molar-refractivity contribution in [1.29, 1.82) is 0 Å². The second-order valence-corrected chi connectivity index (χ2v) is 0. The van der Waals surface area contributed by atoms with Crippen LogP contribution in [-0.2, 0) is 96.1 Å². The molecule has 0 unspecified atom stereocenters.